The van der Waals surface area contributed by atoms with Crippen LogP contribution in [-0.2, 0) is 4.79 Å². The molecule has 1 aromatic rings. The van der Waals surface area contributed by atoms with Gasteiger partial charge in [-0.25, -0.2) is 0 Å². The van der Waals surface area contributed by atoms with Gasteiger partial charge >= 0.3 is 0 Å². The third-order valence-corrected chi connectivity index (χ3v) is 3.94. The molecule has 2 rings (SSSR count). The van der Waals surface area contributed by atoms with Gasteiger partial charge in [0.05, 0.1) is 6.54 Å². The van der Waals surface area contributed by atoms with Crippen molar-refractivity contribution in [1.29, 1.82) is 0 Å². The molecule has 1 saturated heterocycles. The number of nitrogens with zero attached hydrogens (tertiary/aromatic N) is 1. The topological polar surface area (TPSA) is 49.4 Å². The maximum Gasteiger partial charge on any atom is 0.251 e. The second kappa shape index (κ2) is 6.94. The van der Waals surface area contributed by atoms with Gasteiger partial charge in [-0.05, 0) is 36.5 Å². The molecule has 1 aliphatic heterocycles. The van der Waals surface area contributed by atoms with Crippen LogP contribution in [0.2, 0.25) is 5.02 Å². The van der Waals surface area contributed by atoms with Crippen LogP contribution in [0.4, 0.5) is 0 Å². The van der Waals surface area contributed by atoms with Crippen molar-refractivity contribution < 1.29 is 9.59 Å². The van der Waals surface area contributed by atoms with Crippen molar-refractivity contribution in [1.82, 2.24) is 10.2 Å². The van der Waals surface area contributed by atoms with Gasteiger partial charge in [-0.15, -0.1) is 0 Å². The number of likely N-dealkylation sites (tertiary alicyclic amines) is 1. The predicted octanol–water partition coefficient (Wildman–Crippen LogP) is 2.57. The molecule has 1 heterocycles. The van der Waals surface area contributed by atoms with Gasteiger partial charge < -0.3 is 10.2 Å². The predicted molar refractivity (Wildman–Crippen MR) is 83.3 cm³/mol. The molecular formula is C16H21ClN2O2. The van der Waals surface area contributed by atoms with Gasteiger partial charge in [0.25, 0.3) is 5.91 Å². The zero-order valence-corrected chi connectivity index (χ0v) is 13.2. The molecule has 1 N–H and O–H groups in total. The number of hydrogen-bond donors (Lipinski definition) is 1. The first-order valence-electron chi connectivity index (χ1n) is 7.27. The van der Waals surface area contributed by atoms with Crippen LogP contribution in [0.25, 0.3) is 0 Å². The van der Waals surface area contributed by atoms with E-state index >= 15 is 0 Å². The lowest BCUT2D eigenvalue weighted by Crippen LogP contribution is -2.46. The lowest BCUT2D eigenvalue weighted by molar-refractivity contribution is -0.132. The number of carbonyl (C=O) groups is 2. The summed E-state index contributed by atoms with van der Waals surface area (Å²) in [5.74, 6) is 0.732. The smallest absolute Gasteiger partial charge is 0.251 e. The molecule has 114 valence electrons. The fourth-order valence-electron chi connectivity index (χ4n) is 2.87. The first-order chi connectivity index (χ1) is 9.95. The molecule has 2 amide bonds. The van der Waals surface area contributed by atoms with Crippen molar-refractivity contribution in [3.63, 3.8) is 0 Å². The van der Waals surface area contributed by atoms with Crippen LogP contribution in [0.1, 0.15) is 30.6 Å². The molecule has 1 fully saturated rings. The number of piperidine rings is 1. The van der Waals surface area contributed by atoms with E-state index in [0.717, 1.165) is 19.5 Å². The SMILES string of the molecule is CC1CC(C)CN(C(=O)CNC(=O)c2cccc(Cl)c2)C1. The van der Waals surface area contributed by atoms with Gasteiger partial charge in [-0.3, -0.25) is 9.59 Å². The molecule has 2 unspecified atom stereocenters. The molecule has 0 saturated carbocycles. The van der Waals surface area contributed by atoms with Crippen molar-refractivity contribution in [3.8, 4) is 0 Å². The summed E-state index contributed by atoms with van der Waals surface area (Å²) in [6.45, 7) is 5.89. The summed E-state index contributed by atoms with van der Waals surface area (Å²) in [6.07, 6.45) is 1.15. The van der Waals surface area contributed by atoms with Crippen molar-refractivity contribution in [2.24, 2.45) is 11.8 Å². The first kappa shape index (κ1) is 15.8. The maximum absolute atomic E-state index is 12.2. The van der Waals surface area contributed by atoms with E-state index < -0.39 is 0 Å². The molecule has 2 atom stereocenters. The summed E-state index contributed by atoms with van der Waals surface area (Å²) in [4.78, 5) is 26.0. The van der Waals surface area contributed by atoms with Gasteiger partial charge in [0.1, 0.15) is 0 Å². The van der Waals surface area contributed by atoms with Crippen LogP contribution in [-0.4, -0.2) is 36.3 Å². The number of halogens is 1. The highest BCUT2D eigenvalue weighted by atomic mass is 35.5. The largest absolute Gasteiger partial charge is 0.343 e. The Kier molecular flexibility index (Phi) is 5.23. The molecule has 0 radical (unpaired) electrons. The Morgan fingerprint density at radius 2 is 1.95 bits per heavy atom. The van der Waals surface area contributed by atoms with Crippen molar-refractivity contribution in [2.75, 3.05) is 19.6 Å². The normalized spacial score (nSPS) is 22.0. The average molecular weight is 309 g/mol. The minimum Gasteiger partial charge on any atom is -0.343 e. The van der Waals surface area contributed by atoms with Crippen molar-refractivity contribution in [3.05, 3.63) is 34.9 Å². The Hall–Kier alpha value is -1.55. The number of nitrogens with one attached hydrogen (secondary N) is 1. The second-order valence-electron chi connectivity index (χ2n) is 5.94. The van der Waals surface area contributed by atoms with Gasteiger partial charge in [0.15, 0.2) is 0 Å². The summed E-state index contributed by atoms with van der Waals surface area (Å²) in [7, 11) is 0. The quantitative estimate of drug-likeness (QED) is 0.933. The van der Waals surface area contributed by atoms with E-state index in [2.05, 4.69) is 19.2 Å². The molecule has 1 aromatic carbocycles. The standard InChI is InChI=1S/C16H21ClN2O2/c1-11-6-12(2)10-19(9-11)15(20)8-18-16(21)13-4-3-5-14(17)7-13/h3-5,7,11-12H,6,8-10H2,1-2H3,(H,18,21). The molecule has 0 spiro atoms. The molecular weight excluding hydrogens is 288 g/mol. The van der Waals surface area contributed by atoms with E-state index in [1.807, 2.05) is 4.90 Å². The summed E-state index contributed by atoms with van der Waals surface area (Å²) in [5.41, 5.74) is 0.468. The zero-order valence-electron chi connectivity index (χ0n) is 12.4. The fourth-order valence-corrected chi connectivity index (χ4v) is 3.06. The third kappa shape index (κ3) is 4.46. The summed E-state index contributed by atoms with van der Waals surface area (Å²) in [5, 5.41) is 3.17. The molecule has 0 bridgehead atoms. The minimum atomic E-state index is -0.274. The van der Waals surface area contributed by atoms with Crippen LogP contribution in [0.3, 0.4) is 0 Å². The number of hydrogen-bond acceptors (Lipinski definition) is 2. The summed E-state index contributed by atoms with van der Waals surface area (Å²) < 4.78 is 0. The lowest BCUT2D eigenvalue weighted by atomic mass is 9.92. The van der Waals surface area contributed by atoms with Crippen LogP contribution in [0.15, 0.2) is 24.3 Å². The molecule has 1 aliphatic rings. The summed E-state index contributed by atoms with van der Waals surface area (Å²) in [6, 6.07) is 6.69. The van der Waals surface area contributed by atoms with E-state index in [1.54, 1.807) is 24.3 Å². The zero-order chi connectivity index (χ0) is 15.4. The van der Waals surface area contributed by atoms with Crippen LogP contribution in [0, 0.1) is 11.8 Å². The van der Waals surface area contributed by atoms with Crippen LogP contribution < -0.4 is 5.32 Å². The highest BCUT2D eigenvalue weighted by molar-refractivity contribution is 6.30. The fraction of sp³-hybridized carbons (Fsp3) is 0.500. The Bertz CT molecular complexity index is 523. The van der Waals surface area contributed by atoms with Crippen molar-refractivity contribution >= 4 is 23.4 Å². The molecule has 0 aliphatic carbocycles. The Morgan fingerprint density at radius 1 is 1.29 bits per heavy atom. The maximum atomic E-state index is 12.2. The van der Waals surface area contributed by atoms with Gasteiger partial charge in [-0.2, -0.15) is 0 Å². The second-order valence-corrected chi connectivity index (χ2v) is 6.37. The van der Waals surface area contributed by atoms with Gasteiger partial charge in [0.2, 0.25) is 5.91 Å². The van der Waals surface area contributed by atoms with Gasteiger partial charge in [-0.1, -0.05) is 31.5 Å². The molecule has 0 aromatic heterocycles. The van der Waals surface area contributed by atoms with Crippen molar-refractivity contribution in [2.45, 2.75) is 20.3 Å². The Labute approximate surface area is 130 Å². The number of amides is 2. The molecule has 5 heteroatoms. The minimum absolute atomic E-state index is 0.0243. The first-order valence-corrected chi connectivity index (χ1v) is 7.65. The average Bonchev–Trinajstić information content (AvgIpc) is 2.43. The molecule has 21 heavy (non-hydrogen) atoms. The Morgan fingerprint density at radius 3 is 2.57 bits per heavy atom. The third-order valence-electron chi connectivity index (χ3n) is 3.71. The van der Waals surface area contributed by atoms with E-state index in [9.17, 15) is 9.59 Å². The van der Waals surface area contributed by atoms with Gasteiger partial charge in [0, 0.05) is 23.7 Å². The number of rotatable bonds is 3. The van der Waals surface area contributed by atoms with E-state index in [0.29, 0.717) is 22.4 Å². The number of benzene rings is 1. The van der Waals surface area contributed by atoms with Crippen LogP contribution >= 0.6 is 11.6 Å². The lowest BCUT2D eigenvalue weighted by Gasteiger charge is -2.35. The van der Waals surface area contributed by atoms with E-state index in [-0.39, 0.29) is 18.4 Å². The molecule has 4 nitrogen and oxygen atoms in total. The monoisotopic (exact) mass is 308 g/mol. The van der Waals surface area contributed by atoms with E-state index in [4.69, 9.17) is 11.6 Å². The summed E-state index contributed by atoms with van der Waals surface area (Å²) >= 11 is 5.85. The highest BCUT2D eigenvalue weighted by Crippen LogP contribution is 2.20. The Balaban J connectivity index is 1.87. The van der Waals surface area contributed by atoms with E-state index in [1.165, 1.54) is 0 Å². The van der Waals surface area contributed by atoms with Crippen LogP contribution in [0.5, 0.6) is 0 Å². The highest BCUT2D eigenvalue weighted by Gasteiger charge is 2.25. The number of carbonyl (C=O) groups excluding carboxylic acids is 2.